The third-order valence-electron chi connectivity index (χ3n) is 3.54. The summed E-state index contributed by atoms with van der Waals surface area (Å²) >= 11 is 0. The molecule has 0 fully saturated rings. The molecule has 0 spiro atoms. The second-order valence-electron chi connectivity index (χ2n) is 5.52. The molecule has 4 heteroatoms. The molecule has 22 heavy (non-hydrogen) atoms. The third-order valence-corrected chi connectivity index (χ3v) is 3.54. The molecule has 0 aromatic heterocycles. The van der Waals surface area contributed by atoms with Crippen molar-refractivity contribution in [1.82, 2.24) is 5.32 Å². The fourth-order valence-corrected chi connectivity index (χ4v) is 2.10. The Balaban J connectivity index is 2.09. The van der Waals surface area contributed by atoms with Gasteiger partial charge in [-0.3, -0.25) is 4.79 Å². The number of carbonyl (C=O) groups is 1. The molecule has 0 unspecified atom stereocenters. The van der Waals surface area contributed by atoms with Crippen LogP contribution in [0.4, 0.5) is 5.69 Å². The zero-order chi connectivity index (χ0) is 16.1. The molecule has 0 aliphatic heterocycles. The molecule has 0 aliphatic carbocycles. The van der Waals surface area contributed by atoms with Gasteiger partial charge in [0, 0.05) is 12.6 Å². The Hall–Kier alpha value is -2.49. The highest BCUT2D eigenvalue weighted by molar-refractivity contribution is 5.95. The fraction of sp³-hybridized carbons (Fsp3) is 0.278. The monoisotopic (exact) mass is 298 g/mol. The van der Waals surface area contributed by atoms with E-state index >= 15 is 0 Å². The minimum absolute atomic E-state index is 0.161. The molecule has 0 heterocycles. The number of nitrogens with one attached hydrogen (secondary N) is 1. The lowest BCUT2D eigenvalue weighted by Crippen LogP contribution is -2.17. The first kappa shape index (κ1) is 15.9. The van der Waals surface area contributed by atoms with Crippen LogP contribution in [0.1, 0.15) is 41.3 Å². The maximum Gasteiger partial charge on any atom is 0.251 e. The van der Waals surface area contributed by atoms with Gasteiger partial charge in [-0.25, -0.2) is 0 Å². The minimum atomic E-state index is -0.161. The number of carbonyl (C=O) groups excluding carboxylic acids is 1. The highest BCUT2D eigenvalue weighted by atomic mass is 16.5. The Bertz CT molecular complexity index is 649. The van der Waals surface area contributed by atoms with Crippen LogP contribution in [-0.2, 0) is 6.61 Å². The summed E-state index contributed by atoms with van der Waals surface area (Å²) in [6, 6.07) is 13.3. The maximum absolute atomic E-state index is 11.6. The van der Waals surface area contributed by atoms with E-state index < -0.39 is 0 Å². The summed E-state index contributed by atoms with van der Waals surface area (Å²) in [5.74, 6) is 0.870. The maximum atomic E-state index is 11.6. The van der Waals surface area contributed by atoms with Crippen molar-refractivity contribution in [3.8, 4) is 5.75 Å². The van der Waals surface area contributed by atoms with E-state index in [0.29, 0.717) is 29.5 Å². The van der Waals surface area contributed by atoms with E-state index in [-0.39, 0.29) is 5.91 Å². The number of rotatable bonds is 5. The van der Waals surface area contributed by atoms with Crippen LogP contribution >= 0.6 is 0 Å². The quantitative estimate of drug-likeness (QED) is 0.832. The Labute approximate surface area is 131 Å². The molecule has 1 amide bonds. The van der Waals surface area contributed by atoms with Gasteiger partial charge in [0.2, 0.25) is 0 Å². The van der Waals surface area contributed by atoms with Gasteiger partial charge in [0.25, 0.3) is 5.91 Å². The number of benzene rings is 2. The summed E-state index contributed by atoms with van der Waals surface area (Å²) in [4.78, 5) is 11.6. The summed E-state index contributed by atoms with van der Waals surface area (Å²) in [5, 5.41) is 2.58. The molecule has 0 radical (unpaired) electrons. The lowest BCUT2D eigenvalue weighted by Gasteiger charge is -2.11. The van der Waals surface area contributed by atoms with Crippen molar-refractivity contribution >= 4 is 11.6 Å². The van der Waals surface area contributed by atoms with E-state index in [2.05, 4.69) is 31.3 Å². The van der Waals surface area contributed by atoms with Crippen LogP contribution in [0.15, 0.2) is 42.5 Å². The van der Waals surface area contributed by atoms with Crippen LogP contribution in [0.5, 0.6) is 5.75 Å². The number of anilines is 1. The van der Waals surface area contributed by atoms with E-state index in [4.69, 9.17) is 10.5 Å². The van der Waals surface area contributed by atoms with Gasteiger partial charge in [-0.15, -0.1) is 0 Å². The number of nitrogen functional groups attached to an aromatic ring is 1. The number of hydrogen-bond acceptors (Lipinski definition) is 3. The van der Waals surface area contributed by atoms with Crippen LogP contribution in [0, 0.1) is 0 Å². The molecule has 0 atom stereocenters. The van der Waals surface area contributed by atoms with Crippen molar-refractivity contribution in [3.63, 3.8) is 0 Å². The topological polar surface area (TPSA) is 64.4 Å². The van der Waals surface area contributed by atoms with Crippen LogP contribution in [0.25, 0.3) is 0 Å². The molecule has 2 aromatic rings. The number of ether oxygens (including phenoxy) is 1. The SMILES string of the molecule is CNC(=O)c1ccc(N)c(OCc2ccc(C(C)C)cc2)c1. The normalized spacial score (nSPS) is 10.5. The van der Waals surface area contributed by atoms with Gasteiger partial charge in [-0.1, -0.05) is 38.1 Å². The Morgan fingerprint density at radius 1 is 1.18 bits per heavy atom. The van der Waals surface area contributed by atoms with E-state index in [9.17, 15) is 4.79 Å². The molecular formula is C18H22N2O2. The first-order valence-corrected chi connectivity index (χ1v) is 7.34. The molecule has 0 aliphatic rings. The fourth-order valence-electron chi connectivity index (χ4n) is 2.10. The largest absolute Gasteiger partial charge is 0.487 e. The second kappa shape index (κ2) is 6.98. The Morgan fingerprint density at radius 2 is 1.86 bits per heavy atom. The zero-order valence-corrected chi connectivity index (χ0v) is 13.2. The second-order valence-corrected chi connectivity index (χ2v) is 5.52. The molecule has 2 rings (SSSR count). The van der Waals surface area contributed by atoms with Crippen molar-refractivity contribution in [2.45, 2.75) is 26.4 Å². The summed E-state index contributed by atoms with van der Waals surface area (Å²) in [7, 11) is 1.59. The molecule has 116 valence electrons. The molecular weight excluding hydrogens is 276 g/mol. The number of amides is 1. The van der Waals surface area contributed by atoms with Crippen molar-refractivity contribution < 1.29 is 9.53 Å². The smallest absolute Gasteiger partial charge is 0.251 e. The highest BCUT2D eigenvalue weighted by Gasteiger charge is 2.08. The molecule has 0 bridgehead atoms. The average molecular weight is 298 g/mol. The van der Waals surface area contributed by atoms with Gasteiger partial charge in [0.15, 0.2) is 0 Å². The van der Waals surface area contributed by atoms with E-state index in [0.717, 1.165) is 5.56 Å². The minimum Gasteiger partial charge on any atom is -0.487 e. The van der Waals surface area contributed by atoms with Crippen molar-refractivity contribution in [2.75, 3.05) is 12.8 Å². The molecule has 0 saturated heterocycles. The number of hydrogen-bond donors (Lipinski definition) is 2. The van der Waals surface area contributed by atoms with Crippen LogP contribution in [-0.4, -0.2) is 13.0 Å². The zero-order valence-electron chi connectivity index (χ0n) is 13.2. The highest BCUT2D eigenvalue weighted by Crippen LogP contribution is 2.24. The summed E-state index contributed by atoms with van der Waals surface area (Å²) in [6.45, 7) is 4.74. The van der Waals surface area contributed by atoms with E-state index in [1.165, 1.54) is 5.56 Å². The van der Waals surface area contributed by atoms with Gasteiger partial charge in [0.1, 0.15) is 12.4 Å². The predicted molar refractivity (Wildman–Crippen MR) is 89.1 cm³/mol. The molecule has 2 aromatic carbocycles. The Kier molecular flexibility index (Phi) is 5.04. The van der Waals surface area contributed by atoms with Gasteiger partial charge in [0.05, 0.1) is 5.69 Å². The van der Waals surface area contributed by atoms with Gasteiger partial charge in [-0.05, 0) is 35.2 Å². The predicted octanol–water partition coefficient (Wildman–Crippen LogP) is 3.33. The molecule has 0 saturated carbocycles. The van der Waals surface area contributed by atoms with E-state index in [1.807, 2.05) is 12.1 Å². The third kappa shape index (κ3) is 3.79. The lowest BCUT2D eigenvalue weighted by atomic mass is 10.0. The number of nitrogens with two attached hydrogens (primary N) is 1. The summed E-state index contributed by atoms with van der Waals surface area (Å²) < 4.78 is 5.75. The first-order chi connectivity index (χ1) is 10.5. The molecule has 4 nitrogen and oxygen atoms in total. The summed E-state index contributed by atoms with van der Waals surface area (Å²) in [5.41, 5.74) is 9.31. The average Bonchev–Trinajstić information content (AvgIpc) is 2.53. The van der Waals surface area contributed by atoms with Gasteiger partial charge in [-0.2, -0.15) is 0 Å². The van der Waals surface area contributed by atoms with Gasteiger partial charge < -0.3 is 15.8 Å². The van der Waals surface area contributed by atoms with Crippen LogP contribution in [0.3, 0.4) is 0 Å². The van der Waals surface area contributed by atoms with Crippen molar-refractivity contribution in [2.24, 2.45) is 0 Å². The lowest BCUT2D eigenvalue weighted by molar-refractivity contribution is 0.0962. The van der Waals surface area contributed by atoms with E-state index in [1.54, 1.807) is 25.2 Å². The first-order valence-electron chi connectivity index (χ1n) is 7.34. The van der Waals surface area contributed by atoms with Gasteiger partial charge >= 0.3 is 0 Å². The van der Waals surface area contributed by atoms with Crippen LogP contribution in [0.2, 0.25) is 0 Å². The summed E-state index contributed by atoms with van der Waals surface area (Å²) in [6.07, 6.45) is 0. The van der Waals surface area contributed by atoms with Crippen molar-refractivity contribution in [3.05, 3.63) is 59.2 Å². The standard InChI is InChI=1S/C18H22N2O2/c1-12(2)14-6-4-13(5-7-14)11-22-17-10-15(18(21)20-3)8-9-16(17)19/h4-10,12H,11,19H2,1-3H3,(H,20,21). The Morgan fingerprint density at radius 3 is 2.45 bits per heavy atom. The van der Waals surface area contributed by atoms with Crippen LogP contribution < -0.4 is 15.8 Å². The molecule has 3 N–H and O–H groups in total. The van der Waals surface area contributed by atoms with Crippen molar-refractivity contribution in [1.29, 1.82) is 0 Å².